The molecular weight excluding hydrogens is 342 g/mol. The van der Waals surface area contributed by atoms with Crippen molar-refractivity contribution in [3.63, 3.8) is 0 Å². The Morgan fingerprint density at radius 3 is 2.59 bits per heavy atom. The molecule has 0 spiro atoms. The van der Waals surface area contributed by atoms with Gasteiger partial charge in [-0.15, -0.1) is 0 Å². The van der Waals surface area contributed by atoms with Crippen LogP contribution in [-0.2, 0) is 6.42 Å². The summed E-state index contributed by atoms with van der Waals surface area (Å²) in [4.78, 5) is 42.2. The van der Waals surface area contributed by atoms with Crippen molar-refractivity contribution in [3.05, 3.63) is 52.3 Å². The van der Waals surface area contributed by atoms with Crippen molar-refractivity contribution in [2.75, 3.05) is 18.4 Å². The van der Waals surface area contributed by atoms with Crippen molar-refractivity contribution in [3.8, 4) is 0 Å². The molecule has 1 aliphatic carbocycles. The number of nitrogens with zero attached hydrogens (tertiary/aromatic N) is 1. The third-order valence-corrected chi connectivity index (χ3v) is 5.08. The van der Waals surface area contributed by atoms with E-state index in [2.05, 4.69) is 10.3 Å². The summed E-state index contributed by atoms with van der Waals surface area (Å²) in [6, 6.07) is 6.93. The maximum absolute atomic E-state index is 12.7. The van der Waals surface area contributed by atoms with Gasteiger partial charge >= 0.3 is 0 Å². The molecule has 0 saturated heterocycles. The fraction of sp³-hybridized carbons (Fsp3) is 0.381. The van der Waals surface area contributed by atoms with Crippen molar-refractivity contribution in [1.82, 2.24) is 9.88 Å². The Balaban J connectivity index is 1.82. The predicted molar refractivity (Wildman–Crippen MR) is 104 cm³/mol. The molecule has 1 aliphatic rings. The van der Waals surface area contributed by atoms with Crippen molar-refractivity contribution < 1.29 is 14.4 Å². The number of rotatable bonds is 5. The SMILES string of the molecule is CCN(CC)C(=O)c1cccc(NC(=O)c2[nH]c3c(c2C)C(=O)CCC3)c1. The van der Waals surface area contributed by atoms with Gasteiger partial charge in [0, 0.05) is 42.0 Å². The number of hydrogen-bond acceptors (Lipinski definition) is 3. The van der Waals surface area contributed by atoms with E-state index >= 15 is 0 Å². The number of carbonyl (C=O) groups excluding carboxylic acids is 3. The molecule has 3 rings (SSSR count). The van der Waals surface area contributed by atoms with Crippen LogP contribution in [-0.4, -0.2) is 40.6 Å². The summed E-state index contributed by atoms with van der Waals surface area (Å²) >= 11 is 0. The van der Waals surface area contributed by atoms with Crippen LogP contribution in [0, 0.1) is 6.92 Å². The topological polar surface area (TPSA) is 82.3 Å². The minimum Gasteiger partial charge on any atom is -0.354 e. The molecule has 2 amide bonds. The molecule has 27 heavy (non-hydrogen) atoms. The molecule has 1 aromatic carbocycles. The van der Waals surface area contributed by atoms with Crippen LogP contribution in [0.4, 0.5) is 5.69 Å². The molecule has 0 radical (unpaired) electrons. The number of H-pyrrole nitrogens is 1. The van der Waals surface area contributed by atoms with Crippen molar-refractivity contribution in [2.24, 2.45) is 0 Å². The Hall–Kier alpha value is -2.89. The third-order valence-electron chi connectivity index (χ3n) is 5.08. The molecule has 6 heteroatoms. The average molecular weight is 367 g/mol. The van der Waals surface area contributed by atoms with E-state index in [0.29, 0.717) is 47.6 Å². The Morgan fingerprint density at radius 2 is 1.93 bits per heavy atom. The molecule has 142 valence electrons. The lowest BCUT2D eigenvalue weighted by Gasteiger charge is -2.19. The first-order valence-electron chi connectivity index (χ1n) is 9.41. The molecule has 0 fully saturated rings. The number of aryl methyl sites for hydroxylation is 1. The van der Waals surface area contributed by atoms with E-state index in [1.807, 2.05) is 13.8 Å². The van der Waals surface area contributed by atoms with E-state index in [4.69, 9.17) is 0 Å². The number of anilines is 1. The number of benzene rings is 1. The summed E-state index contributed by atoms with van der Waals surface area (Å²) < 4.78 is 0. The maximum Gasteiger partial charge on any atom is 0.272 e. The molecule has 0 unspecified atom stereocenters. The summed E-state index contributed by atoms with van der Waals surface area (Å²) in [5.41, 5.74) is 3.71. The minimum absolute atomic E-state index is 0.0618. The number of carbonyl (C=O) groups is 3. The molecule has 1 heterocycles. The van der Waals surface area contributed by atoms with Gasteiger partial charge in [0.1, 0.15) is 5.69 Å². The lowest BCUT2D eigenvalue weighted by atomic mass is 9.94. The van der Waals surface area contributed by atoms with Crippen LogP contribution < -0.4 is 5.32 Å². The van der Waals surface area contributed by atoms with Gasteiger partial charge in [0.05, 0.1) is 0 Å². The van der Waals surface area contributed by atoms with Gasteiger partial charge in [0.2, 0.25) is 0 Å². The van der Waals surface area contributed by atoms with Crippen molar-refractivity contribution >= 4 is 23.3 Å². The molecule has 1 aromatic heterocycles. The van der Waals surface area contributed by atoms with Gasteiger partial charge in [-0.05, 0) is 57.4 Å². The van der Waals surface area contributed by atoms with Gasteiger partial charge in [0.15, 0.2) is 5.78 Å². The van der Waals surface area contributed by atoms with Gasteiger partial charge in [0.25, 0.3) is 11.8 Å². The number of fused-ring (bicyclic) bond motifs is 1. The van der Waals surface area contributed by atoms with Crippen LogP contribution in [0.15, 0.2) is 24.3 Å². The van der Waals surface area contributed by atoms with Crippen LogP contribution in [0.1, 0.15) is 69.2 Å². The lowest BCUT2D eigenvalue weighted by molar-refractivity contribution is 0.0772. The van der Waals surface area contributed by atoms with Crippen LogP contribution in [0.25, 0.3) is 0 Å². The molecule has 0 aliphatic heterocycles. The molecule has 2 aromatic rings. The Labute approximate surface area is 159 Å². The van der Waals surface area contributed by atoms with Gasteiger partial charge in [-0.3, -0.25) is 14.4 Å². The van der Waals surface area contributed by atoms with E-state index in [1.54, 1.807) is 36.1 Å². The third kappa shape index (κ3) is 3.65. The zero-order valence-electron chi connectivity index (χ0n) is 16.0. The van der Waals surface area contributed by atoms with Gasteiger partial charge in [-0.2, -0.15) is 0 Å². The first-order chi connectivity index (χ1) is 13.0. The van der Waals surface area contributed by atoms with Crippen LogP contribution >= 0.6 is 0 Å². The van der Waals surface area contributed by atoms with Crippen LogP contribution in [0.5, 0.6) is 0 Å². The zero-order valence-corrected chi connectivity index (χ0v) is 16.0. The predicted octanol–water partition coefficient (Wildman–Crippen LogP) is 3.58. The van der Waals surface area contributed by atoms with Gasteiger partial charge in [-0.25, -0.2) is 0 Å². The van der Waals surface area contributed by atoms with Crippen molar-refractivity contribution in [1.29, 1.82) is 0 Å². The minimum atomic E-state index is -0.304. The highest BCUT2D eigenvalue weighted by Gasteiger charge is 2.26. The smallest absolute Gasteiger partial charge is 0.272 e. The number of ketones is 1. The normalized spacial score (nSPS) is 13.2. The molecule has 0 saturated carbocycles. The average Bonchev–Trinajstić information content (AvgIpc) is 3.01. The van der Waals surface area contributed by atoms with Gasteiger partial charge < -0.3 is 15.2 Å². The first kappa shape index (κ1) is 18.9. The number of Topliss-reactive ketones (excluding diaryl/α,β-unsaturated/α-hetero) is 1. The van der Waals surface area contributed by atoms with Crippen LogP contribution in [0.3, 0.4) is 0 Å². The summed E-state index contributed by atoms with van der Waals surface area (Å²) in [6.45, 7) is 6.93. The maximum atomic E-state index is 12.7. The lowest BCUT2D eigenvalue weighted by Crippen LogP contribution is -2.30. The number of aromatic amines is 1. The van der Waals surface area contributed by atoms with E-state index in [1.165, 1.54) is 0 Å². The first-order valence-corrected chi connectivity index (χ1v) is 9.41. The summed E-state index contributed by atoms with van der Waals surface area (Å²) in [5, 5.41) is 2.84. The highest BCUT2D eigenvalue weighted by molar-refractivity contribution is 6.08. The molecular formula is C21H25N3O3. The second kappa shape index (κ2) is 7.78. The van der Waals surface area contributed by atoms with Gasteiger partial charge in [-0.1, -0.05) is 6.07 Å². The Kier molecular flexibility index (Phi) is 5.44. The summed E-state index contributed by atoms with van der Waals surface area (Å²) in [6.07, 6.45) is 2.12. The number of aromatic nitrogens is 1. The number of amides is 2. The Morgan fingerprint density at radius 1 is 1.19 bits per heavy atom. The second-order valence-corrected chi connectivity index (χ2v) is 6.77. The van der Waals surface area contributed by atoms with E-state index in [9.17, 15) is 14.4 Å². The highest BCUT2D eigenvalue weighted by atomic mass is 16.2. The molecule has 0 bridgehead atoms. The zero-order chi connectivity index (χ0) is 19.6. The quantitative estimate of drug-likeness (QED) is 0.847. The van der Waals surface area contributed by atoms with E-state index in [0.717, 1.165) is 18.5 Å². The fourth-order valence-electron chi connectivity index (χ4n) is 3.62. The van der Waals surface area contributed by atoms with Crippen LogP contribution in [0.2, 0.25) is 0 Å². The number of hydrogen-bond donors (Lipinski definition) is 2. The molecule has 2 N–H and O–H groups in total. The fourth-order valence-corrected chi connectivity index (χ4v) is 3.62. The van der Waals surface area contributed by atoms with Crippen molar-refractivity contribution in [2.45, 2.75) is 40.0 Å². The second-order valence-electron chi connectivity index (χ2n) is 6.77. The van der Waals surface area contributed by atoms with E-state index < -0.39 is 0 Å². The molecule has 6 nitrogen and oxygen atoms in total. The largest absolute Gasteiger partial charge is 0.354 e. The molecule has 0 atom stereocenters. The summed E-state index contributed by atoms with van der Waals surface area (Å²) in [5.74, 6) is -0.272. The standard InChI is InChI=1S/C21H25N3O3/c1-4-24(5-2)21(27)14-8-6-9-15(12-14)22-20(26)19-13(3)18-16(23-19)10-7-11-17(18)25/h6,8-9,12,23H,4-5,7,10-11H2,1-3H3,(H,22,26). The highest BCUT2D eigenvalue weighted by Crippen LogP contribution is 2.27. The van der Waals surface area contributed by atoms with E-state index in [-0.39, 0.29) is 17.6 Å². The summed E-state index contributed by atoms with van der Waals surface area (Å²) in [7, 11) is 0. The monoisotopic (exact) mass is 367 g/mol. The Bertz CT molecular complexity index is 894. The number of nitrogens with one attached hydrogen (secondary N) is 2.